The normalized spacial score (nSPS) is 18.6. The number of hydrogen-bond acceptors (Lipinski definition) is 2. The number of amides is 2. The average molecular weight is 251 g/mol. The molecule has 0 saturated carbocycles. The second-order valence-corrected chi connectivity index (χ2v) is 4.47. The molecule has 1 fully saturated rings. The molecule has 1 atom stereocenters. The fourth-order valence-electron chi connectivity index (χ4n) is 2.07. The molecule has 1 aromatic rings. The van der Waals surface area contributed by atoms with Crippen molar-refractivity contribution in [2.24, 2.45) is 0 Å². The lowest BCUT2D eigenvalue weighted by Gasteiger charge is -2.11. The van der Waals surface area contributed by atoms with Crippen LogP contribution in [0.4, 0.5) is 14.9 Å². The standard InChI is InChI=1S/C13H18FN3O/c14-10-3-5-12(6-4-10)17-13(18)16-9-7-11-2-1-8-15-11/h3-6,11,15H,1-2,7-9H2,(H2,16,17,18). The Morgan fingerprint density at radius 1 is 1.39 bits per heavy atom. The Hall–Kier alpha value is -1.62. The predicted molar refractivity (Wildman–Crippen MR) is 69.1 cm³/mol. The number of hydrogen-bond donors (Lipinski definition) is 3. The molecule has 0 aliphatic carbocycles. The molecular weight excluding hydrogens is 233 g/mol. The van der Waals surface area contributed by atoms with E-state index in [1.165, 1.54) is 37.1 Å². The van der Waals surface area contributed by atoms with Crippen molar-refractivity contribution in [3.8, 4) is 0 Å². The maximum absolute atomic E-state index is 12.7. The third kappa shape index (κ3) is 4.00. The van der Waals surface area contributed by atoms with E-state index in [1.54, 1.807) is 0 Å². The third-order valence-corrected chi connectivity index (χ3v) is 3.04. The highest BCUT2D eigenvalue weighted by molar-refractivity contribution is 5.89. The Labute approximate surface area is 106 Å². The van der Waals surface area contributed by atoms with E-state index in [4.69, 9.17) is 0 Å². The van der Waals surface area contributed by atoms with Gasteiger partial charge in [-0.2, -0.15) is 0 Å². The minimum Gasteiger partial charge on any atom is -0.338 e. The van der Waals surface area contributed by atoms with Crippen LogP contribution in [0.3, 0.4) is 0 Å². The van der Waals surface area contributed by atoms with Gasteiger partial charge in [0.1, 0.15) is 5.82 Å². The molecule has 1 heterocycles. The Balaban J connectivity index is 1.66. The van der Waals surface area contributed by atoms with Gasteiger partial charge in [-0.3, -0.25) is 0 Å². The lowest BCUT2D eigenvalue weighted by molar-refractivity contribution is 0.251. The monoisotopic (exact) mass is 251 g/mol. The molecule has 98 valence electrons. The Morgan fingerprint density at radius 3 is 2.83 bits per heavy atom. The maximum atomic E-state index is 12.7. The van der Waals surface area contributed by atoms with E-state index >= 15 is 0 Å². The van der Waals surface area contributed by atoms with Crippen LogP contribution >= 0.6 is 0 Å². The number of urea groups is 1. The SMILES string of the molecule is O=C(NCCC1CCCN1)Nc1ccc(F)cc1. The zero-order valence-corrected chi connectivity index (χ0v) is 10.2. The molecule has 0 spiro atoms. The Morgan fingerprint density at radius 2 is 2.17 bits per heavy atom. The molecule has 0 aromatic heterocycles. The summed E-state index contributed by atoms with van der Waals surface area (Å²) in [6, 6.07) is 5.98. The topological polar surface area (TPSA) is 53.2 Å². The average Bonchev–Trinajstić information content (AvgIpc) is 2.85. The van der Waals surface area contributed by atoms with E-state index in [1.807, 2.05) is 0 Å². The summed E-state index contributed by atoms with van der Waals surface area (Å²) in [6.45, 7) is 1.72. The number of anilines is 1. The lowest BCUT2D eigenvalue weighted by atomic mass is 10.1. The van der Waals surface area contributed by atoms with E-state index in [2.05, 4.69) is 16.0 Å². The first-order valence-electron chi connectivity index (χ1n) is 6.28. The fourth-order valence-corrected chi connectivity index (χ4v) is 2.07. The van der Waals surface area contributed by atoms with Crippen LogP contribution in [-0.2, 0) is 0 Å². The zero-order chi connectivity index (χ0) is 12.8. The van der Waals surface area contributed by atoms with E-state index in [0.29, 0.717) is 18.3 Å². The van der Waals surface area contributed by atoms with Crippen molar-refractivity contribution in [3.63, 3.8) is 0 Å². The van der Waals surface area contributed by atoms with E-state index in [0.717, 1.165) is 13.0 Å². The highest BCUT2D eigenvalue weighted by Gasteiger charge is 2.13. The van der Waals surface area contributed by atoms with Gasteiger partial charge in [-0.05, 0) is 50.1 Å². The largest absolute Gasteiger partial charge is 0.338 e. The molecule has 1 unspecified atom stereocenters. The number of carbonyl (C=O) groups excluding carboxylic acids is 1. The first-order chi connectivity index (χ1) is 8.74. The Bertz CT molecular complexity index is 388. The minimum atomic E-state index is -0.312. The summed E-state index contributed by atoms with van der Waals surface area (Å²) in [7, 11) is 0. The van der Waals surface area contributed by atoms with Crippen molar-refractivity contribution in [3.05, 3.63) is 30.1 Å². The molecule has 1 aliphatic heterocycles. The molecule has 5 heteroatoms. The van der Waals surface area contributed by atoms with E-state index in [-0.39, 0.29) is 11.8 Å². The van der Waals surface area contributed by atoms with E-state index < -0.39 is 0 Å². The minimum absolute atomic E-state index is 0.250. The van der Waals surface area contributed by atoms with Gasteiger partial charge in [0.15, 0.2) is 0 Å². The summed E-state index contributed by atoms with van der Waals surface area (Å²) in [5.41, 5.74) is 0.591. The van der Waals surface area contributed by atoms with Gasteiger partial charge in [0.05, 0.1) is 0 Å². The Kier molecular flexibility index (Phi) is 4.52. The first-order valence-corrected chi connectivity index (χ1v) is 6.28. The lowest BCUT2D eigenvalue weighted by Crippen LogP contribution is -2.33. The van der Waals surface area contributed by atoms with Crippen LogP contribution in [-0.4, -0.2) is 25.2 Å². The number of nitrogens with one attached hydrogen (secondary N) is 3. The van der Waals surface area contributed by atoms with Crippen molar-refractivity contribution >= 4 is 11.7 Å². The van der Waals surface area contributed by atoms with Crippen molar-refractivity contribution < 1.29 is 9.18 Å². The number of carbonyl (C=O) groups is 1. The summed E-state index contributed by atoms with van der Waals surface area (Å²) >= 11 is 0. The predicted octanol–water partition coefficient (Wildman–Crippen LogP) is 2.09. The van der Waals surface area contributed by atoms with Crippen molar-refractivity contribution in [2.45, 2.75) is 25.3 Å². The van der Waals surface area contributed by atoms with Gasteiger partial charge in [-0.1, -0.05) is 0 Å². The van der Waals surface area contributed by atoms with Crippen LogP contribution < -0.4 is 16.0 Å². The van der Waals surface area contributed by atoms with E-state index in [9.17, 15) is 9.18 Å². The fraction of sp³-hybridized carbons (Fsp3) is 0.462. The van der Waals surface area contributed by atoms with Crippen LogP contribution in [0, 0.1) is 5.82 Å². The van der Waals surface area contributed by atoms with Gasteiger partial charge >= 0.3 is 6.03 Å². The summed E-state index contributed by atoms with van der Waals surface area (Å²) in [5.74, 6) is -0.312. The smallest absolute Gasteiger partial charge is 0.319 e. The first kappa shape index (κ1) is 12.8. The van der Waals surface area contributed by atoms with Gasteiger partial charge in [-0.25, -0.2) is 9.18 Å². The molecule has 18 heavy (non-hydrogen) atoms. The zero-order valence-electron chi connectivity index (χ0n) is 10.2. The molecule has 0 radical (unpaired) electrons. The van der Waals surface area contributed by atoms with Crippen LogP contribution in [0.15, 0.2) is 24.3 Å². The van der Waals surface area contributed by atoms with Gasteiger partial charge in [0.25, 0.3) is 0 Å². The van der Waals surface area contributed by atoms with Gasteiger partial charge in [0.2, 0.25) is 0 Å². The van der Waals surface area contributed by atoms with Gasteiger partial charge in [-0.15, -0.1) is 0 Å². The van der Waals surface area contributed by atoms with Crippen LogP contribution in [0.5, 0.6) is 0 Å². The molecule has 1 saturated heterocycles. The van der Waals surface area contributed by atoms with Crippen molar-refractivity contribution in [1.29, 1.82) is 0 Å². The van der Waals surface area contributed by atoms with Crippen molar-refractivity contribution in [2.75, 3.05) is 18.4 Å². The highest BCUT2D eigenvalue weighted by atomic mass is 19.1. The summed E-state index contributed by atoms with van der Waals surface area (Å²) in [5, 5.41) is 8.82. The molecule has 2 rings (SSSR count). The molecular formula is C13H18FN3O. The van der Waals surface area contributed by atoms with Gasteiger partial charge in [0, 0.05) is 18.3 Å². The van der Waals surface area contributed by atoms with Crippen molar-refractivity contribution in [1.82, 2.24) is 10.6 Å². The van der Waals surface area contributed by atoms with Crippen LogP contribution in [0.1, 0.15) is 19.3 Å². The molecule has 3 N–H and O–H groups in total. The molecule has 1 aromatic carbocycles. The second-order valence-electron chi connectivity index (χ2n) is 4.47. The van der Waals surface area contributed by atoms with Crippen LogP contribution in [0.25, 0.3) is 0 Å². The van der Waals surface area contributed by atoms with Gasteiger partial charge < -0.3 is 16.0 Å². The number of rotatable bonds is 4. The molecule has 2 amide bonds. The summed E-state index contributed by atoms with van der Waals surface area (Å²) in [6.07, 6.45) is 3.34. The third-order valence-electron chi connectivity index (χ3n) is 3.04. The number of benzene rings is 1. The van der Waals surface area contributed by atoms with Crippen LogP contribution in [0.2, 0.25) is 0 Å². The molecule has 4 nitrogen and oxygen atoms in total. The molecule has 0 bridgehead atoms. The summed E-state index contributed by atoms with van der Waals surface area (Å²) < 4.78 is 12.7. The summed E-state index contributed by atoms with van der Waals surface area (Å²) in [4.78, 5) is 11.5. The highest BCUT2D eigenvalue weighted by Crippen LogP contribution is 2.09. The quantitative estimate of drug-likeness (QED) is 0.767. The second kappa shape index (κ2) is 6.35. The molecule has 1 aliphatic rings. The number of halogens is 1. The maximum Gasteiger partial charge on any atom is 0.319 e.